The summed E-state index contributed by atoms with van der Waals surface area (Å²) in [6.45, 7) is 3.93. The minimum absolute atomic E-state index is 0.0656. The molecule has 0 heterocycles. The van der Waals surface area contributed by atoms with Crippen LogP contribution in [-0.4, -0.2) is 65.2 Å². The maximum Gasteiger partial charge on any atom is 0.407 e. The van der Waals surface area contributed by atoms with Crippen molar-refractivity contribution in [2.45, 2.75) is 51.4 Å². The molecule has 2 rings (SSSR count). The number of hydrogen-bond donors (Lipinski definition) is 5. The summed E-state index contributed by atoms with van der Waals surface area (Å²) >= 11 is 0. The fraction of sp³-hybridized carbons (Fsp3) is 0.423. The van der Waals surface area contributed by atoms with E-state index in [1.807, 2.05) is 74.5 Å². The lowest BCUT2D eigenvalue weighted by molar-refractivity contribution is -0.130. The normalized spacial score (nSPS) is 14.2. The average Bonchev–Trinajstić information content (AvgIpc) is 2.87. The Morgan fingerprint density at radius 3 is 2.08 bits per heavy atom. The largest absolute Gasteiger partial charge is 0.465 e. The number of benzene rings is 2. The van der Waals surface area contributed by atoms with Gasteiger partial charge in [0.1, 0.15) is 6.04 Å². The second-order valence-electron chi connectivity index (χ2n) is 8.65. The van der Waals surface area contributed by atoms with Crippen LogP contribution in [0.4, 0.5) is 9.59 Å². The number of carbonyl (C=O) groups excluding carboxylic acids is 2. The maximum atomic E-state index is 13.2. The minimum Gasteiger partial charge on any atom is -0.465 e. The molecule has 0 saturated carbocycles. The van der Waals surface area contributed by atoms with Crippen molar-refractivity contribution < 1.29 is 29.3 Å². The number of methoxy groups -OCH3 is 1. The molecule has 10 heteroatoms. The number of hydrazine groups is 1. The lowest BCUT2D eigenvalue weighted by atomic mass is 9.98. The molecular formula is C26H36N4O6. The van der Waals surface area contributed by atoms with Crippen LogP contribution in [0.1, 0.15) is 31.4 Å². The highest BCUT2D eigenvalue weighted by atomic mass is 16.5. The number of alkyl carbamates (subject to hydrolysis) is 1. The highest BCUT2D eigenvalue weighted by molar-refractivity contribution is 5.85. The van der Waals surface area contributed by atoms with Gasteiger partial charge in [0.2, 0.25) is 0 Å². The van der Waals surface area contributed by atoms with E-state index in [1.165, 1.54) is 12.1 Å². The zero-order valence-corrected chi connectivity index (χ0v) is 20.9. The number of amides is 3. The van der Waals surface area contributed by atoms with E-state index in [1.54, 1.807) is 0 Å². The zero-order chi connectivity index (χ0) is 26.5. The summed E-state index contributed by atoms with van der Waals surface area (Å²) in [5, 5.41) is 26.9. The van der Waals surface area contributed by atoms with Crippen LogP contribution in [0.3, 0.4) is 0 Å². The number of nitrogens with one attached hydrogen (secondary N) is 3. The molecular weight excluding hydrogens is 464 g/mol. The number of aliphatic hydroxyl groups is 1. The fourth-order valence-corrected chi connectivity index (χ4v) is 3.73. The fourth-order valence-electron chi connectivity index (χ4n) is 3.73. The molecule has 196 valence electrons. The third-order valence-corrected chi connectivity index (χ3v) is 5.92. The molecule has 5 N–H and O–H groups in total. The van der Waals surface area contributed by atoms with E-state index < -0.39 is 36.3 Å². The third-order valence-electron chi connectivity index (χ3n) is 5.92. The Morgan fingerprint density at radius 2 is 1.56 bits per heavy atom. The van der Waals surface area contributed by atoms with Gasteiger partial charge in [0, 0.05) is 13.1 Å². The Kier molecular flexibility index (Phi) is 11.7. The second kappa shape index (κ2) is 14.7. The van der Waals surface area contributed by atoms with Gasteiger partial charge in [-0.05, 0) is 23.5 Å². The summed E-state index contributed by atoms with van der Waals surface area (Å²) in [5.41, 5.74) is 4.53. The van der Waals surface area contributed by atoms with Gasteiger partial charge in [0.05, 0.1) is 19.3 Å². The summed E-state index contributed by atoms with van der Waals surface area (Å²) in [6, 6.07) is 16.9. The van der Waals surface area contributed by atoms with Gasteiger partial charge in [-0.15, -0.1) is 0 Å². The number of nitrogens with zero attached hydrogens (tertiary/aromatic N) is 1. The van der Waals surface area contributed by atoms with Crippen LogP contribution in [-0.2, 0) is 22.5 Å². The van der Waals surface area contributed by atoms with E-state index in [0.717, 1.165) is 11.1 Å². The lowest BCUT2D eigenvalue weighted by Gasteiger charge is -2.32. The first-order valence-corrected chi connectivity index (χ1v) is 11.9. The smallest absolute Gasteiger partial charge is 0.407 e. The van der Waals surface area contributed by atoms with Gasteiger partial charge in [-0.2, -0.15) is 0 Å². The Hall–Kier alpha value is -3.63. The van der Waals surface area contributed by atoms with Gasteiger partial charge >= 0.3 is 12.2 Å². The second-order valence-corrected chi connectivity index (χ2v) is 8.65. The molecule has 0 aliphatic heterocycles. The highest BCUT2D eigenvalue weighted by Gasteiger charge is 2.30. The zero-order valence-electron chi connectivity index (χ0n) is 20.9. The van der Waals surface area contributed by atoms with Crippen LogP contribution in [0.25, 0.3) is 0 Å². The number of ether oxygens (including phenoxy) is 1. The van der Waals surface area contributed by atoms with Crippen LogP contribution in [0.5, 0.6) is 0 Å². The van der Waals surface area contributed by atoms with Crippen molar-refractivity contribution in [2.75, 3.05) is 13.7 Å². The number of carboxylic acid groups (broad SMARTS) is 1. The van der Waals surface area contributed by atoms with Crippen LogP contribution in [0.2, 0.25) is 0 Å². The quantitative estimate of drug-likeness (QED) is 0.266. The Labute approximate surface area is 211 Å². The van der Waals surface area contributed by atoms with E-state index in [4.69, 9.17) is 0 Å². The molecule has 2 aromatic rings. The molecule has 0 unspecified atom stereocenters. The van der Waals surface area contributed by atoms with E-state index in [2.05, 4.69) is 20.8 Å². The Balaban J connectivity index is 2.23. The molecule has 0 aromatic heterocycles. The van der Waals surface area contributed by atoms with Crippen molar-refractivity contribution in [3.63, 3.8) is 0 Å². The average molecular weight is 501 g/mol. The summed E-state index contributed by atoms with van der Waals surface area (Å²) in [4.78, 5) is 36.5. The molecule has 0 fully saturated rings. The van der Waals surface area contributed by atoms with Crippen LogP contribution in [0.15, 0.2) is 60.7 Å². The van der Waals surface area contributed by atoms with Crippen LogP contribution >= 0.6 is 0 Å². The topological polar surface area (TPSA) is 140 Å². The molecule has 0 bridgehead atoms. The first-order chi connectivity index (χ1) is 17.2. The van der Waals surface area contributed by atoms with E-state index in [9.17, 15) is 24.6 Å². The molecule has 36 heavy (non-hydrogen) atoms. The molecule has 3 amide bonds. The van der Waals surface area contributed by atoms with Crippen molar-refractivity contribution >= 4 is 18.1 Å². The van der Waals surface area contributed by atoms with Crippen molar-refractivity contribution in [1.29, 1.82) is 0 Å². The lowest BCUT2D eigenvalue weighted by Crippen LogP contribution is -2.57. The number of aliphatic hydroxyl groups excluding tert-OH is 1. The SMILES string of the molecule is CC[C@H](C)[C@H](NC(=O)OC)C(=O)NN(Cc1ccccc1)C[C@@H](O)[C@H](Cc1ccccc1)NC(=O)O. The van der Waals surface area contributed by atoms with E-state index in [-0.39, 0.29) is 25.4 Å². The molecule has 10 nitrogen and oxygen atoms in total. The summed E-state index contributed by atoms with van der Waals surface area (Å²) < 4.78 is 4.67. The first-order valence-electron chi connectivity index (χ1n) is 11.9. The van der Waals surface area contributed by atoms with E-state index in [0.29, 0.717) is 6.42 Å². The molecule has 2 aromatic carbocycles. The monoisotopic (exact) mass is 500 g/mol. The molecule has 0 saturated heterocycles. The molecule has 4 atom stereocenters. The van der Waals surface area contributed by atoms with Gasteiger partial charge in [-0.1, -0.05) is 80.9 Å². The van der Waals surface area contributed by atoms with E-state index >= 15 is 0 Å². The van der Waals surface area contributed by atoms with Gasteiger partial charge in [0.15, 0.2) is 0 Å². The standard InChI is InChI=1S/C26H36N4O6/c1-4-18(2)23(28-26(35)36-3)24(32)29-30(16-20-13-9-6-10-14-20)17-22(31)21(27-25(33)34)15-19-11-7-5-8-12-19/h5-14,18,21-23,27,31H,4,15-17H2,1-3H3,(H,28,35)(H,29,32)(H,33,34)/t18-,21-,22+,23-/m0/s1. The number of carbonyl (C=O) groups is 3. The van der Waals surface area contributed by atoms with Crippen molar-refractivity contribution in [3.8, 4) is 0 Å². The number of rotatable bonds is 13. The first kappa shape index (κ1) is 28.6. The van der Waals surface area contributed by atoms with Crippen LogP contribution in [0, 0.1) is 5.92 Å². The summed E-state index contributed by atoms with van der Waals surface area (Å²) in [6.07, 6.45) is -2.24. The van der Waals surface area contributed by atoms with Crippen molar-refractivity contribution in [2.24, 2.45) is 5.92 Å². The molecule has 0 spiro atoms. The van der Waals surface area contributed by atoms with Gasteiger partial charge in [-0.3, -0.25) is 10.2 Å². The highest BCUT2D eigenvalue weighted by Crippen LogP contribution is 2.12. The summed E-state index contributed by atoms with van der Waals surface area (Å²) in [7, 11) is 1.22. The predicted molar refractivity (Wildman–Crippen MR) is 135 cm³/mol. The van der Waals surface area contributed by atoms with Crippen molar-refractivity contribution in [1.82, 2.24) is 21.1 Å². The third kappa shape index (κ3) is 9.55. The van der Waals surface area contributed by atoms with Gasteiger partial charge in [-0.25, -0.2) is 14.6 Å². The molecule has 0 radical (unpaired) electrons. The van der Waals surface area contributed by atoms with Crippen LogP contribution < -0.4 is 16.1 Å². The molecule has 0 aliphatic rings. The minimum atomic E-state index is -1.26. The van der Waals surface area contributed by atoms with Gasteiger partial charge in [0.25, 0.3) is 5.91 Å². The Bertz CT molecular complexity index is 959. The van der Waals surface area contributed by atoms with Gasteiger partial charge < -0.3 is 25.6 Å². The Morgan fingerprint density at radius 1 is 0.972 bits per heavy atom. The summed E-state index contributed by atoms with van der Waals surface area (Å²) in [5.74, 6) is -0.657. The van der Waals surface area contributed by atoms with Crippen molar-refractivity contribution in [3.05, 3.63) is 71.8 Å². The maximum absolute atomic E-state index is 13.2. The predicted octanol–water partition coefficient (Wildman–Crippen LogP) is 2.53. The number of hydrogen-bond acceptors (Lipinski definition) is 6. The molecule has 0 aliphatic carbocycles.